The largest absolute Gasteiger partial charge is 0.303 e. The van der Waals surface area contributed by atoms with E-state index in [1.807, 2.05) is 12.1 Å². The lowest BCUT2D eigenvalue weighted by atomic mass is 9.89. The lowest BCUT2D eigenvalue weighted by molar-refractivity contribution is 0.0836. The van der Waals surface area contributed by atoms with Gasteiger partial charge >= 0.3 is 0 Å². The van der Waals surface area contributed by atoms with Gasteiger partial charge in [-0.3, -0.25) is 9.69 Å². The molecule has 0 unspecified atom stereocenters. The molecule has 2 saturated heterocycles. The Morgan fingerprint density at radius 2 is 1.33 bits per heavy atom. The minimum atomic E-state index is -0.300. The summed E-state index contributed by atoms with van der Waals surface area (Å²) in [7, 11) is 0. The van der Waals surface area contributed by atoms with E-state index in [-0.39, 0.29) is 23.3 Å². The van der Waals surface area contributed by atoms with Crippen LogP contribution < -0.4 is 0 Å². The maximum Gasteiger partial charge on any atom is 0.166 e. The molecule has 2 aliphatic rings. The van der Waals surface area contributed by atoms with Crippen LogP contribution in [0.4, 0.5) is 8.78 Å². The summed E-state index contributed by atoms with van der Waals surface area (Å²) in [6.07, 6.45) is 4.13. The number of likely N-dealkylation sites (tertiary alicyclic amines) is 1. The van der Waals surface area contributed by atoms with Gasteiger partial charge in [-0.2, -0.15) is 0 Å². The Balaban J connectivity index is 1.08. The van der Waals surface area contributed by atoms with Crippen molar-refractivity contribution in [3.63, 3.8) is 0 Å². The average Bonchev–Trinajstić information content (AvgIpc) is 2.85. The number of Topliss-reactive ketones (excluding diaryl/α,β-unsaturated/α-hetero) is 1. The summed E-state index contributed by atoms with van der Waals surface area (Å²) in [5, 5.41) is 0. The van der Waals surface area contributed by atoms with Gasteiger partial charge < -0.3 is 9.80 Å². The standard InChI is InChI=1S/C27H35F2N3O/c28-25-9-7-22(8-10-25)27(33)23-11-15-30(16-12-23)13-3-4-14-31-17-19-32(20-18-31)21-24-5-1-2-6-26(24)29/h1-2,5-10,23H,3-4,11-21H2. The lowest BCUT2D eigenvalue weighted by Gasteiger charge is -2.35. The van der Waals surface area contributed by atoms with E-state index in [1.165, 1.54) is 31.0 Å². The van der Waals surface area contributed by atoms with E-state index in [2.05, 4.69) is 14.7 Å². The number of rotatable bonds is 9. The Morgan fingerprint density at radius 1 is 0.758 bits per heavy atom. The molecule has 2 heterocycles. The Hall–Kier alpha value is -2.15. The van der Waals surface area contributed by atoms with E-state index in [1.54, 1.807) is 18.2 Å². The number of benzene rings is 2. The number of carbonyl (C=O) groups is 1. The first-order valence-electron chi connectivity index (χ1n) is 12.3. The summed E-state index contributed by atoms with van der Waals surface area (Å²) >= 11 is 0. The molecule has 2 aliphatic heterocycles. The van der Waals surface area contributed by atoms with Gasteiger partial charge in [-0.05, 0) is 82.2 Å². The van der Waals surface area contributed by atoms with Crippen molar-refractivity contribution >= 4 is 5.78 Å². The van der Waals surface area contributed by atoms with Crippen LogP contribution in [0.2, 0.25) is 0 Å². The highest BCUT2D eigenvalue weighted by atomic mass is 19.1. The summed E-state index contributed by atoms with van der Waals surface area (Å²) in [5.41, 5.74) is 1.41. The van der Waals surface area contributed by atoms with Crippen molar-refractivity contribution in [3.8, 4) is 0 Å². The molecule has 0 aromatic heterocycles. The third kappa shape index (κ3) is 6.92. The molecule has 6 heteroatoms. The number of ketones is 1. The van der Waals surface area contributed by atoms with Gasteiger partial charge in [0.1, 0.15) is 11.6 Å². The van der Waals surface area contributed by atoms with Crippen LogP contribution in [0, 0.1) is 17.6 Å². The molecule has 2 fully saturated rings. The number of nitrogens with zero attached hydrogens (tertiary/aromatic N) is 3. The van der Waals surface area contributed by atoms with E-state index < -0.39 is 0 Å². The predicted molar refractivity (Wildman–Crippen MR) is 127 cm³/mol. The fraction of sp³-hybridized carbons (Fsp3) is 0.519. The second-order valence-corrected chi connectivity index (χ2v) is 9.40. The number of piperidine rings is 1. The number of hydrogen-bond donors (Lipinski definition) is 0. The highest BCUT2D eigenvalue weighted by molar-refractivity contribution is 5.97. The summed E-state index contributed by atoms with van der Waals surface area (Å²) in [6.45, 7) is 8.90. The first-order valence-corrected chi connectivity index (χ1v) is 12.3. The summed E-state index contributed by atoms with van der Waals surface area (Å²) in [6, 6.07) is 13.0. The normalized spacial score (nSPS) is 19.1. The maximum atomic E-state index is 13.9. The molecule has 0 radical (unpaired) electrons. The zero-order chi connectivity index (χ0) is 23.0. The molecular weight excluding hydrogens is 420 g/mol. The molecule has 0 atom stereocenters. The average molecular weight is 456 g/mol. The van der Waals surface area contributed by atoms with Crippen LogP contribution >= 0.6 is 0 Å². The van der Waals surface area contributed by atoms with Crippen LogP contribution in [0.1, 0.15) is 41.6 Å². The number of halogens is 2. The second-order valence-electron chi connectivity index (χ2n) is 9.40. The molecule has 0 spiro atoms. The van der Waals surface area contributed by atoms with Crippen LogP contribution in [-0.2, 0) is 6.54 Å². The van der Waals surface area contributed by atoms with Gasteiger partial charge in [-0.15, -0.1) is 0 Å². The van der Waals surface area contributed by atoms with Crippen LogP contribution in [0.15, 0.2) is 48.5 Å². The molecular formula is C27H35F2N3O. The fourth-order valence-electron chi connectivity index (χ4n) is 4.98. The third-order valence-corrected chi connectivity index (χ3v) is 7.10. The minimum absolute atomic E-state index is 0.0624. The molecule has 0 aliphatic carbocycles. The Labute approximate surface area is 196 Å². The zero-order valence-electron chi connectivity index (χ0n) is 19.4. The van der Waals surface area contributed by atoms with Crippen molar-refractivity contribution in [2.45, 2.75) is 32.2 Å². The molecule has 178 valence electrons. The fourth-order valence-corrected chi connectivity index (χ4v) is 4.98. The quantitative estimate of drug-likeness (QED) is 0.412. The molecule has 2 aromatic rings. The van der Waals surface area contributed by atoms with E-state index in [0.717, 1.165) is 70.8 Å². The lowest BCUT2D eigenvalue weighted by Crippen LogP contribution is -2.46. The van der Waals surface area contributed by atoms with Crippen molar-refractivity contribution in [1.82, 2.24) is 14.7 Å². The molecule has 2 aromatic carbocycles. The Kier molecular flexibility index (Phi) is 8.59. The number of piperazine rings is 1. The molecule has 4 nitrogen and oxygen atoms in total. The monoisotopic (exact) mass is 455 g/mol. The van der Waals surface area contributed by atoms with Crippen molar-refractivity contribution in [1.29, 1.82) is 0 Å². The van der Waals surface area contributed by atoms with Crippen LogP contribution in [0.25, 0.3) is 0 Å². The highest BCUT2D eigenvalue weighted by Gasteiger charge is 2.25. The SMILES string of the molecule is O=C(c1ccc(F)cc1)C1CCN(CCCCN2CCN(Cc3ccccc3F)CC2)CC1. The van der Waals surface area contributed by atoms with Gasteiger partial charge in [0.2, 0.25) is 0 Å². The Bertz CT molecular complexity index is 888. The van der Waals surface area contributed by atoms with Gasteiger partial charge in [0.15, 0.2) is 5.78 Å². The second kappa shape index (κ2) is 11.8. The van der Waals surface area contributed by atoms with Crippen molar-refractivity contribution in [2.24, 2.45) is 5.92 Å². The predicted octanol–water partition coefficient (Wildman–Crippen LogP) is 4.46. The maximum absolute atomic E-state index is 13.9. The number of hydrogen-bond acceptors (Lipinski definition) is 4. The van der Waals surface area contributed by atoms with Gasteiger partial charge in [0.25, 0.3) is 0 Å². The van der Waals surface area contributed by atoms with Crippen LogP contribution in [0.3, 0.4) is 0 Å². The van der Waals surface area contributed by atoms with Crippen molar-refractivity contribution < 1.29 is 13.6 Å². The molecule has 0 N–H and O–H groups in total. The number of carbonyl (C=O) groups excluding carboxylic acids is 1. The zero-order valence-corrected chi connectivity index (χ0v) is 19.4. The first-order chi connectivity index (χ1) is 16.1. The van der Waals surface area contributed by atoms with Crippen LogP contribution in [0.5, 0.6) is 0 Å². The van der Waals surface area contributed by atoms with Gasteiger partial charge in [0.05, 0.1) is 0 Å². The van der Waals surface area contributed by atoms with Crippen molar-refractivity contribution in [3.05, 3.63) is 71.3 Å². The molecule has 4 rings (SSSR count). The van der Waals surface area contributed by atoms with Gasteiger partial charge in [-0.1, -0.05) is 18.2 Å². The minimum Gasteiger partial charge on any atom is -0.303 e. The summed E-state index contributed by atoms with van der Waals surface area (Å²) < 4.78 is 26.9. The molecule has 0 bridgehead atoms. The first kappa shape index (κ1) is 24.0. The smallest absolute Gasteiger partial charge is 0.166 e. The third-order valence-electron chi connectivity index (χ3n) is 7.10. The Morgan fingerprint density at radius 3 is 1.97 bits per heavy atom. The topological polar surface area (TPSA) is 26.8 Å². The molecule has 33 heavy (non-hydrogen) atoms. The van der Waals surface area contributed by atoms with Gasteiger partial charge in [-0.25, -0.2) is 8.78 Å². The highest BCUT2D eigenvalue weighted by Crippen LogP contribution is 2.22. The number of unbranched alkanes of at least 4 members (excludes halogenated alkanes) is 1. The van der Waals surface area contributed by atoms with Crippen molar-refractivity contribution in [2.75, 3.05) is 52.4 Å². The van der Waals surface area contributed by atoms with Gasteiger partial charge in [0, 0.05) is 49.8 Å². The summed E-state index contributed by atoms with van der Waals surface area (Å²) in [5.74, 6) is -0.189. The van der Waals surface area contributed by atoms with Crippen LogP contribution in [-0.4, -0.2) is 72.8 Å². The molecule has 0 amide bonds. The van der Waals surface area contributed by atoms with E-state index in [9.17, 15) is 13.6 Å². The van der Waals surface area contributed by atoms with E-state index in [0.29, 0.717) is 12.1 Å². The molecule has 0 saturated carbocycles. The van der Waals surface area contributed by atoms with E-state index in [4.69, 9.17) is 0 Å². The van der Waals surface area contributed by atoms with E-state index >= 15 is 0 Å². The summed E-state index contributed by atoms with van der Waals surface area (Å²) in [4.78, 5) is 20.0.